The molecule has 2 aromatic heterocycles. The third kappa shape index (κ3) is 4.97. The van der Waals surface area contributed by atoms with Crippen molar-refractivity contribution in [2.24, 2.45) is 0 Å². The summed E-state index contributed by atoms with van der Waals surface area (Å²) in [4.78, 5) is 29.2. The molecule has 2 N–H and O–H groups in total. The van der Waals surface area contributed by atoms with Crippen molar-refractivity contribution in [3.63, 3.8) is 0 Å². The van der Waals surface area contributed by atoms with Crippen molar-refractivity contribution in [3.05, 3.63) is 80.4 Å². The van der Waals surface area contributed by atoms with E-state index in [0.29, 0.717) is 50.3 Å². The molecule has 1 aliphatic rings. The Bertz CT molecular complexity index is 1450. The third-order valence-corrected chi connectivity index (χ3v) is 7.11. The minimum atomic E-state index is -0.287. The Hall–Kier alpha value is -3.33. The molecule has 10 heteroatoms. The number of benzene rings is 2. The van der Waals surface area contributed by atoms with Gasteiger partial charge in [0.05, 0.1) is 24.6 Å². The molecule has 4 aromatic rings. The summed E-state index contributed by atoms with van der Waals surface area (Å²) in [5.74, 6) is 1.03. The Morgan fingerprint density at radius 2 is 1.83 bits per heavy atom. The highest BCUT2D eigenvalue weighted by molar-refractivity contribution is 6.36. The van der Waals surface area contributed by atoms with E-state index in [1.54, 1.807) is 31.4 Å². The first-order valence-corrected chi connectivity index (χ1v) is 12.4. The van der Waals surface area contributed by atoms with Crippen LogP contribution >= 0.6 is 23.2 Å². The topological polar surface area (TPSA) is 86.4 Å². The van der Waals surface area contributed by atoms with Gasteiger partial charge in [-0.15, -0.1) is 0 Å². The number of halogens is 2. The number of hydrogen-bond acceptors (Lipinski definition) is 7. The Labute approximate surface area is 218 Å². The van der Waals surface area contributed by atoms with E-state index in [0.717, 1.165) is 37.4 Å². The number of likely N-dealkylation sites (N-methyl/N-ethyl adjacent to an activating group) is 1. The summed E-state index contributed by atoms with van der Waals surface area (Å²) in [6.07, 6.45) is 1.77. The van der Waals surface area contributed by atoms with E-state index in [1.807, 2.05) is 18.2 Å². The van der Waals surface area contributed by atoms with Crippen LogP contribution in [-0.4, -0.2) is 60.2 Å². The predicted molar refractivity (Wildman–Crippen MR) is 145 cm³/mol. The number of H-pyrrole nitrogens is 1. The fourth-order valence-electron chi connectivity index (χ4n) is 4.38. The molecule has 36 heavy (non-hydrogen) atoms. The van der Waals surface area contributed by atoms with Crippen molar-refractivity contribution in [3.8, 4) is 5.75 Å². The molecule has 0 bridgehead atoms. The maximum atomic E-state index is 12.7. The van der Waals surface area contributed by atoms with Crippen LogP contribution in [0, 0.1) is 0 Å². The number of ether oxygens (including phenoxy) is 1. The van der Waals surface area contributed by atoms with E-state index >= 15 is 0 Å². The van der Waals surface area contributed by atoms with E-state index in [1.165, 1.54) is 6.33 Å². The average Bonchev–Trinajstić information content (AvgIpc) is 2.87. The second-order valence-corrected chi connectivity index (χ2v) is 9.58. The summed E-state index contributed by atoms with van der Waals surface area (Å²) >= 11 is 12.8. The van der Waals surface area contributed by atoms with Gasteiger partial charge in [-0.25, -0.2) is 9.97 Å². The number of piperazine rings is 1. The van der Waals surface area contributed by atoms with Crippen molar-refractivity contribution in [1.82, 2.24) is 19.9 Å². The second kappa shape index (κ2) is 10.3. The van der Waals surface area contributed by atoms with Gasteiger partial charge in [-0.2, -0.15) is 0 Å². The van der Waals surface area contributed by atoms with Gasteiger partial charge in [-0.05, 0) is 42.9 Å². The van der Waals surface area contributed by atoms with Gasteiger partial charge in [-0.3, -0.25) is 4.79 Å². The highest BCUT2D eigenvalue weighted by atomic mass is 35.5. The zero-order chi connectivity index (χ0) is 25.2. The standard InChI is InChI=1S/C26H26Cl2N6O2/c1-33-8-10-34(11-9-33)17-6-7-21(23(14-17)36-2)32-25-24-22(29-15-30-26(24)35)13-16(31-25)12-18-19(27)4-3-5-20(18)28/h3-7,13-15H,8-12H2,1-2H3,(H,31,32)(H,29,30,35). The van der Waals surface area contributed by atoms with Crippen molar-refractivity contribution >= 4 is 51.3 Å². The first-order chi connectivity index (χ1) is 17.4. The summed E-state index contributed by atoms with van der Waals surface area (Å²) < 4.78 is 5.71. The quantitative estimate of drug-likeness (QED) is 0.377. The zero-order valence-electron chi connectivity index (χ0n) is 20.0. The SMILES string of the molecule is COc1cc(N2CCN(C)CC2)ccc1Nc1nc(Cc2c(Cl)cccc2Cl)cc2nc[nH]c(=O)c12. The molecule has 0 atom stereocenters. The number of fused-ring (bicyclic) bond motifs is 1. The maximum Gasteiger partial charge on any atom is 0.262 e. The van der Waals surface area contributed by atoms with Gasteiger partial charge in [0.2, 0.25) is 0 Å². The molecule has 0 amide bonds. The van der Waals surface area contributed by atoms with E-state index < -0.39 is 0 Å². The van der Waals surface area contributed by atoms with Crippen LogP contribution in [-0.2, 0) is 6.42 Å². The van der Waals surface area contributed by atoms with Crippen molar-refractivity contribution < 1.29 is 4.74 Å². The highest BCUT2D eigenvalue weighted by Gasteiger charge is 2.18. The Kier molecular flexibility index (Phi) is 7.00. The number of methoxy groups -OCH3 is 1. The molecule has 2 aromatic carbocycles. The van der Waals surface area contributed by atoms with Crippen molar-refractivity contribution in [2.45, 2.75) is 6.42 Å². The van der Waals surface area contributed by atoms with Crippen molar-refractivity contribution in [1.29, 1.82) is 0 Å². The molecule has 0 saturated carbocycles. The third-order valence-electron chi connectivity index (χ3n) is 6.40. The molecule has 0 unspecified atom stereocenters. The van der Waals surface area contributed by atoms with E-state index in [9.17, 15) is 4.79 Å². The lowest BCUT2D eigenvalue weighted by Gasteiger charge is -2.34. The second-order valence-electron chi connectivity index (χ2n) is 8.76. The highest BCUT2D eigenvalue weighted by Crippen LogP contribution is 2.34. The van der Waals surface area contributed by atoms with Crippen molar-refractivity contribution in [2.75, 3.05) is 50.6 Å². The van der Waals surface area contributed by atoms with Crippen LogP contribution in [0.15, 0.2) is 53.6 Å². The summed E-state index contributed by atoms with van der Waals surface area (Å²) in [5.41, 5.74) is 3.45. The lowest BCUT2D eigenvalue weighted by molar-refractivity contribution is 0.312. The van der Waals surface area contributed by atoms with Gasteiger partial charge in [0.1, 0.15) is 17.0 Å². The molecular weight excluding hydrogens is 499 g/mol. The predicted octanol–water partition coefficient (Wildman–Crippen LogP) is 4.72. The minimum absolute atomic E-state index is 0.287. The monoisotopic (exact) mass is 524 g/mol. The van der Waals surface area contributed by atoms with E-state index in [-0.39, 0.29) is 5.56 Å². The number of anilines is 3. The summed E-state index contributed by atoms with van der Waals surface area (Å²) in [6, 6.07) is 13.2. The minimum Gasteiger partial charge on any atom is -0.494 e. The van der Waals surface area contributed by atoms with Crippen LogP contribution in [0.25, 0.3) is 10.9 Å². The molecular formula is C26H26Cl2N6O2. The fourth-order valence-corrected chi connectivity index (χ4v) is 4.91. The van der Waals surface area contributed by atoms with Crippen LogP contribution in [0.2, 0.25) is 10.0 Å². The molecule has 1 aliphatic heterocycles. The number of rotatable bonds is 6. The van der Waals surface area contributed by atoms with Gasteiger partial charge in [-0.1, -0.05) is 29.3 Å². The number of nitrogens with zero attached hydrogens (tertiary/aromatic N) is 4. The van der Waals surface area contributed by atoms with Crippen LogP contribution < -0.4 is 20.5 Å². The summed E-state index contributed by atoms with van der Waals surface area (Å²) in [6.45, 7) is 3.92. The molecule has 1 fully saturated rings. The van der Waals surface area contributed by atoms with Gasteiger partial charge in [0, 0.05) is 60.1 Å². The lowest BCUT2D eigenvalue weighted by atomic mass is 10.1. The van der Waals surface area contributed by atoms with Crippen LogP contribution in [0.4, 0.5) is 17.2 Å². The first-order valence-electron chi connectivity index (χ1n) is 11.6. The van der Waals surface area contributed by atoms with Gasteiger partial charge in [0.25, 0.3) is 5.56 Å². The van der Waals surface area contributed by atoms with E-state index in [4.69, 9.17) is 32.9 Å². The first kappa shape index (κ1) is 24.4. The van der Waals surface area contributed by atoms with Gasteiger partial charge < -0.3 is 24.8 Å². The van der Waals surface area contributed by atoms with Crippen LogP contribution in [0.5, 0.6) is 5.75 Å². The Morgan fingerprint density at radius 1 is 1.08 bits per heavy atom. The number of pyridine rings is 1. The molecule has 0 aliphatic carbocycles. The Balaban J connectivity index is 1.52. The molecule has 186 valence electrons. The fraction of sp³-hybridized carbons (Fsp3) is 0.269. The smallest absolute Gasteiger partial charge is 0.262 e. The number of aromatic amines is 1. The maximum absolute atomic E-state index is 12.7. The summed E-state index contributed by atoms with van der Waals surface area (Å²) in [7, 11) is 3.76. The largest absolute Gasteiger partial charge is 0.494 e. The van der Waals surface area contributed by atoms with Crippen LogP contribution in [0.1, 0.15) is 11.3 Å². The normalized spacial score (nSPS) is 14.3. The van der Waals surface area contributed by atoms with E-state index in [2.05, 4.69) is 32.1 Å². The molecule has 0 radical (unpaired) electrons. The lowest BCUT2D eigenvalue weighted by Crippen LogP contribution is -2.44. The molecule has 5 rings (SSSR count). The molecule has 1 saturated heterocycles. The Morgan fingerprint density at radius 3 is 2.56 bits per heavy atom. The molecule has 0 spiro atoms. The molecule has 8 nitrogen and oxygen atoms in total. The zero-order valence-corrected chi connectivity index (χ0v) is 21.5. The number of nitrogens with one attached hydrogen (secondary N) is 2. The van der Waals surface area contributed by atoms with Gasteiger partial charge in [0.15, 0.2) is 0 Å². The average molecular weight is 525 g/mol. The summed E-state index contributed by atoms with van der Waals surface area (Å²) in [5, 5.41) is 4.78. The number of aromatic nitrogens is 3. The van der Waals surface area contributed by atoms with Gasteiger partial charge >= 0.3 is 0 Å². The van der Waals surface area contributed by atoms with Crippen LogP contribution in [0.3, 0.4) is 0 Å². The number of hydrogen-bond donors (Lipinski definition) is 2. The molecule has 3 heterocycles.